The number of fused-ring (bicyclic) bond motifs is 1. The molecule has 0 radical (unpaired) electrons. The van der Waals surface area contributed by atoms with Gasteiger partial charge in [0.2, 0.25) is 5.95 Å². The third kappa shape index (κ3) is 3.79. The van der Waals surface area contributed by atoms with Crippen LogP contribution in [0.2, 0.25) is 0 Å². The van der Waals surface area contributed by atoms with E-state index in [0.29, 0.717) is 25.6 Å². The highest BCUT2D eigenvalue weighted by Crippen LogP contribution is 2.20. The molecule has 1 fully saturated rings. The molecule has 8 heteroatoms. The van der Waals surface area contributed by atoms with Crippen molar-refractivity contribution in [3.8, 4) is 0 Å². The lowest BCUT2D eigenvalue weighted by molar-refractivity contribution is -0.153. The molecule has 134 valence electrons. The Kier molecular flexibility index (Phi) is 4.98. The van der Waals surface area contributed by atoms with Crippen molar-refractivity contribution in [3.05, 3.63) is 24.0 Å². The van der Waals surface area contributed by atoms with Crippen LogP contribution in [0.25, 0.3) is 5.52 Å². The molecule has 8 nitrogen and oxygen atoms in total. The van der Waals surface area contributed by atoms with Gasteiger partial charge in [0.1, 0.15) is 11.9 Å². The molecule has 1 saturated heterocycles. The molecule has 0 aliphatic carbocycles. The number of rotatable bonds is 5. The molecule has 1 unspecified atom stereocenters. The van der Waals surface area contributed by atoms with Gasteiger partial charge in [-0.25, -0.2) is 9.50 Å². The lowest BCUT2D eigenvalue weighted by Gasteiger charge is -2.31. The van der Waals surface area contributed by atoms with Crippen LogP contribution in [-0.4, -0.2) is 51.7 Å². The van der Waals surface area contributed by atoms with E-state index in [4.69, 9.17) is 9.47 Å². The molecule has 3 heterocycles. The summed E-state index contributed by atoms with van der Waals surface area (Å²) in [5.41, 5.74) is 1.63. The summed E-state index contributed by atoms with van der Waals surface area (Å²) >= 11 is 0. The van der Waals surface area contributed by atoms with Crippen molar-refractivity contribution in [3.63, 3.8) is 0 Å². The van der Waals surface area contributed by atoms with E-state index >= 15 is 0 Å². The van der Waals surface area contributed by atoms with Gasteiger partial charge in [0.25, 0.3) is 0 Å². The van der Waals surface area contributed by atoms with Gasteiger partial charge in [-0.1, -0.05) is 0 Å². The van der Waals surface area contributed by atoms with E-state index in [1.165, 1.54) is 6.92 Å². The Balaban J connectivity index is 1.84. The minimum Gasteiger partial charge on any atom is -0.458 e. The normalized spacial score (nSPS) is 21.7. The van der Waals surface area contributed by atoms with E-state index in [1.807, 2.05) is 19.1 Å². The van der Waals surface area contributed by atoms with Crippen LogP contribution >= 0.6 is 0 Å². The van der Waals surface area contributed by atoms with Gasteiger partial charge in [-0.3, -0.25) is 9.59 Å². The number of hydrogen-bond donors (Lipinski definition) is 1. The Bertz CT molecular complexity index is 788. The summed E-state index contributed by atoms with van der Waals surface area (Å²) in [4.78, 5) is 27.3. The van der Waals surface area contributed by atoms with E-state index in [2.05, 4.69) is 15.4 Å². The van der Waals surface area contributed by atoms with Crippen LogP contribution in [0.5, 0.6) is 0 Å². The number of Topliss-reactive ketones (excluding diaryl/α,β-unsaturated/α-hetero) is 1. The molecule has 0 bridgehead atoms. The zero-order chi connectivity index (χ0) is 18.0. The fourth-order valence-electron chi connectivity index (χ4n) is 2.90. The Morgan fingerprint density at radius 1 is 1.40 bits per heavy atom. The number of hydrogen-bond acceptors (Lipinski definition) is 7. The minimum atomic E-state index is -0.383. The number of aromatic nitrogens is 3. The Labute approximate surface area is 145 Å². The van der Waals surface area contributed by atoms with Crippen molar-refractivity contribution in [2.24, 2.45) is 0 Å². The Morgan fingerprint density at radius 2 is 2.20 bits per heavy atom. The number of ether oxygens (including phenoxy) is 2. The first-order chi connectivity index (χ1) is 12.0. The van der Waals surface area contributed by atoms with Crippen molar-refractivity contribution in [1.82, 2.24) is 14.6 Å². The lowest BCUT2D eigenvalue weighted by Crippen LogP contribution is -2.44. The van der Waals surface area contributed by atoms with E-state index in [1.54, 1.807) is 17.6 Å². The number of nitrogens with one attached hydrogen (secondary N) is 1. The van der Waals surface area contributed by atoms with Gasteiger partial charge in [0, 0.05) is 13.5 Å². The average molecular weight is 346 g/mol. The Morgan fingerprint density at radius 3 is 2.92 bits per heavy atom. The molecular formula is C17H22N4O4. The average Bonchev–Trinajstić information content (AvgIpc) is 2.98. The summed E-state index contributed by atoms with van der Waals surface area (Å²) in [6, 6.07) is 3.64. The van der Waals surface area contributed by atoms with E-state index in [9.17, 15) is 9.59 Å². The molecule has 0 aromatic carbocycles. The molecule has 3 atom stereocenters. The summed E-state index contributed by atoms with van der Waals surface area (Å²) in [5, 5.41) is 7.74. The van der Waals surface area contributed by atoms with E-state index < -0.39 is 0 Å². The zero-order valence-corrected chi connectivity index (χ0v) is 14.6. The van der Waals surface area contributed by atoms with Crippen LogP contribution in [0.3, 0.4) is 0 Å². The maximum atomic E-state index is 11.7. The number of anilines is 1. The summed E-state index contributed by atoms with van der Waals surface area (Å²) in [6.45, 7) is 5.72. The van der Waals surface area contributed by atoms with Crippen LogP contribution in [0.1, 0.15) is 38.8 Å². The molecule has 1 N–H and O–H groups in total. The van der Waals surface area contributed by atoms with Crippen molar-refractivity contribution >= 4 is 23.2 Å². The molecule has 2 aromatic heterocycles. The second-order valence-corrected chi connectivity index (χ2v) is 6.27. The molecule has 0 amide bonds. The maximum Gasteiger partial charge on any atom is 0.303 e. The van der Waals surface area contributed by atoms with Crippen LogP contribution in [-0.2, 0) is 19.1 Å². The Hall–Kier alpha value is -2.48. The van der Waals surface area contributed by atoms with Crippen LogP contribution in [0.4, 0.5) is 5.95 Å². The van der Waals surface area contributed by atoms with Gasteiger partial charge in [-0.2, -0.15) is 0 Å². The van der Waals surface area contributed by atoms with Crippen molar-refractivity contribution in [2.75, 3.05) is 18.5 Å². The summed E-state index contributed by atoms with van der Waals surface area (Å²) in [6.07, 6.45) is 2.00. The SMILES string of the molecule is CC(=O)O[C@@H]1COCC[C@H]1Nc1ncc2ccc(C(C)C(C)=O)n2n1. The van der Waals surface area contributed by atoms with Gasteiger partial charge in [0.15, 0.2) is 0 Å². The standard InChI is InChI=1S/C17H22N4O4/c1-10(11(2)22)15-5-4-13-8-18-17(20-21(13)15)19-14-6-7-24-9-16(14)25-12(3)23/h4-5,8,10,14,16H,6-7,9H2,1-3H3,(H,19,20)/t10?,14-,16-/m1/s1. The second kappa shape index (κ2) is 7.18. The van der Waals surface area contributed by atoms with Crippen LogP contribution in [0.15, 0.2) is 18.3 Å². The van der Waals surface area contributed by atoms with Gasteiger partial charge >= 0.3 is 5.97 Å². The van der Waals surface area contributed by atoms with E-state index in [0.717, 1.165) is 11.2 Å². The number of carbonyl (C=O) groups excluding carboxylic acids is 2. The van der Waals surface area contributed by atoms with E-state index in [-0.39, 0.29) is 29.8 Å². The van der Waals surface area contributed by atoms with Gasteiger partial charge in [-0.05, 0) is 32.4 Å². The number of esters is 1. The smallest absolute Gasteiger partial charge is 0.303 e. The monoisotopic (exact) mass is 346 g/mol. The minimum absolute atomic E-state index is 0.0764. The second-order valence-electron chi connectivity index (χ2n) is 6.27. The topological polar surface area (TPSA) is 94.8 Å². The molecule has 0 saturated carbocycles. The molecule has 1 aliphatic heterocycles. The largest absolute Gasteiger partial charge is 0.458 e. The van der Waals surface area contributed by atoms with Gasteiger partial charge < -0.3 is 14.8 Å². The fraction of sp³-hybridized carbons (Fsp3) is 0.529. The highest BCUT2D eigenvalue weighted by Gasteiger charge is 2.29. The first kappa shape index (κ1) is 17.3. The van der Waals surface area contributed by atoms with Crippen molar-refractivity contribution in [1.29, 1.82) is 0 Å². The first-order valence-electron chi connectivity index (χ1n) is 8.32. The van der Waals surface area contributed by atoms with Gasteiger partial charge in [-0.15, -0.1) is 5.10 Å². The molecular weight excluding hydrogens is 324 g/mol. The highest BCUT2D eigenvalue weighted by molar-refractivity contribution is 5.82. The van der Waals surface area contributed by atoms with Crippen LogP contribution in [0, 0.1) is 0 Å². The molecule has 0 spiro atoms. The zero-order valence-electron chi connectivity index (χ0n) is 14.6. The third-order valence-corrected chi connectivity index (χ3v) is 4.42. The van der Waals surface area contributed by atoms with Crippen LogP contribution < -0.4 is 5.32 Å². The quantitative estimate of drug-likeness (QED) is 0.821. The predicted molar refractivity (Wildman–Crippen MR) is 90.5 cm³/mol. The fourth-order valence-corrected chi connectivity index (χ4v) is 2.90. The molecule has 3 rings (SSSR count). The molecule has 1 aliphatic rings. The maximum absolute atomic E-state index is 11.7. The number of nitrogens with zero attached hydrogens (tertiary/aromatic N) is 3. The number of carbonyl (C=O) groups is 2. The molecule has 2 aromatic rings. The summed E-state index contributed by atoms with van der Waals surface area (Å²) < 4.78 is 12.4. The summed E-state index contributed by atoms with van der Waals surface area (Å²) in [7, 11) is 0. The highest BCUT2D eigenvalue weighted by atomic mass is 16.6. The third-order valence-electron chi connectivity index (χ3n) is 4.42. The lowest BCUT2D eigenvalue weighted by atomic mass is 10.0. The predicted octanol–water partition coefficient (Wildman–Crippen LogP) is 1.55. The molecule has 25 heavy (non-hydrogen) atoms. The van der Waals surface area contributed by atoms with Gasteiger partial charge in [0.05, 0.1) is 36.0 Å². The number of ketones is 1. The van der Waals surface area contributed by atoms with Crippen molar-refractivity contribution < 1.29 is 19.1 Å². The summed E-state index contributed by atoms with van der Waals surface area (Å²) in [5.74, 6) is -0.0963. The first-order valence-corrected chi connectivity index (χ1v) is 8.32. The van der Waals surface area contributed by atoms with Crippen molar-refractivity contribution in [2.45, 2.75) is 45.3 Å².